The fraction of sp³-hybridized carbons (Fsp3) is 0. The molecule has 5 heteroatoms. The molecular formula is C15H10N4O. The maximum absolute atomic E-state index is 11.4. The predicted octanol–water partition coefficient (Wildman–Crippen LogP) is 2.49. The number of benzene rings is 1. The van der Waals surface area contributed by atoms with E-state index in [2.05, 4.69) is 9.97 Å². The minimum absolute atomic E-state index is 0.517. The van der Waals surface area contributed by atoms with E-state index in [1.807, 2.05) is 53.2 Å². The summed E-state index contributed by atoms with van der Waals surface area (Å²) in [5, 5.41) is 0. The molecule has 0 fully saturated rings. The van der Waals surface area contributed by atoms with Crippen molar-refractivity contribution >= 4 is 23.0 Å². The first-order valence-electron chi connectivity index (χ1n) is 6.23. The number of nitrogens with zero attached hydrogens (tertiary/aromatic N) is 4. The van der Waals surface area contributed by atoms with Crippen molar-refractivity contribution in [2.75, 3.05) is 0 Å². The van der Waals surface area contributed by atoms with Crippen LogP contribution in [0.4, 0.5) is 0 Å². The van der Waals surface area contributed by atoms with Crippen molar-refractivity contribution in [1.82, 2.24) is 18.9 Å². The zero-order valence-corrected chi connectivity index (χ0v) is 10.5. The van der Waals surface area contributed by atoms with Crippen LogP contribution in [-0.4, -0.2) is 25.2 Å². The Labute approximate surface area is 114 Å². The van der Waals surface area contributed by atoms with Crippen LogP contribution in [0.15, 0.2) is 55.0 Å². The number of hydrogen-bond acceptors (Lipinski definition) is 3. The first-order valence-corrected chi connectivity index (χ1v) is 6.23. The summed E-state index contributed by atoms with van der Waals surface area (Å²) < 4.78 is 3.61. The van der Waals surface area contributed by atoms with Crippen LogP contribution < -0.4 is 0 Å². The predicted molar refractivity (Wildman–Crippen MR) is 75.2 cm³/mol. The lowest BCUT2D eigenvalue weighted by atomic mass is 10.3. The number of para-hydroxylation sites is 2. The molecule has 3 heterocycles. The molecule has 0 saturated carbocycles. The lowest BCUT2D eigenvalue weighted by molar-refractivity contribution is 0.111. The van der Waals surface area contributed by atoms with E-state index in [1.165, 1.54) is 0 Å². The molecule has 1 aromatic carbocycles. The van der Waals surface area contributed by atoms with Crippen LogP contribution in [0, 0.1) is 0 Å². The van der Waals surface area contributed by atoms with E-state index >= 15 is 0 Å². The topological polar surface area (TPSA) is 52.2 Å². The summed E-state index contributed by atoms with van der Waals surface area (Å²) in [6.45, 7) is 0. The summed E-state index contributed by atoms with van der Waals surface area (Å²) in [7, 11) is 0. The minimum atomic E-state index is 0.517. The van der Waals surface area contributed by atoms with Crippen LogP contribution >= 0.6 is 0 Å². The van der Waals surface area contributed by atoms with Gasteiger partial charge in [0.15, 0.2) is 12.1 Å². The number of carbonyl (C=O) groups is 1. The van der Waals surface area contributed by atoms with E-state index in [9.17, 15) is 4.79 Å². The number of hydrogen-bond donors (Lipinski definition) is 0. The molecule has 3 aromatic heterocycles. The molecule has 0 radical (unpaired) electrons. The highest BCUT2D eigenvalue weighted by Crippen LogP contribution is 2.20. The summed E-state index contributed by atoms with van der Waals surface area (Å²) in [5.41, 5.74) is 3.06. The average Bonchev–Trinajstić information content (AvgIpc) is 3.07. The molecule has 0 atom stereocenters. The van der Waals surface area contributed by atoms with Gasteiger partial charge in [-0.15, -0.1) is 0 Å². The first kappa shape index (κ1) is 10.9. The van der Waals surface area contributed by atoms with E-state index in [0.29, 0.717) is 11.5 Å². The number of rotatable bonds is 2. The van der Waals surface area contributed by atoms with Crippen molar-refractivity contribution in [3.05, 3.63) is 60.7 Å². The van der Waals surface area contributed by atoms with Crippen LogP contribution in [0.3, 0.4) is 0 Å². The Kier molecular flexibility index (Phi) is 2.20. The molecule has 0 aliphatic rings. The molecular weight excluding hydrogens is 252 g/mol. The molecule has 5 nitrogen and oxygen atoms in total. The van der Waals surface area contributed by atoms with Gasteiger partial charge in [0.2, 0.25) is 0 Å². The number of aromatic nitrogens is 4. The van der Waals surface area contributed by atoms with Gasteiger partial charge in [-0.1, -0.05) is 18.2 Å². The molecule has 0 aliphatic carbocycles. The van der Waals surface area contributed by atoms with Gasteiger partial charge in [0.05, 0.1) is 11.0 Å². The van der Waals surface area contributed by atoms with Crippen LogP contribution in [0.5, 0.6) is 0 Å². The van der Waals surface area contributed by atoms with Crippen LogP contribution in [0.1, 0.15) is 10.5 Å². The maximum Gasteiger partial charge on any atom is 0.170 e. The molecule has 96 valence electrons. The fourth-order valence-corrected chi connectivity index (χ4v) is 2.42. The molecule has 0 spiro atoms. The third kappa shape index (κ3) is 1.40. The number of imidazole rings is 2. The highest BCUT2D eigenvalue weighted by Gasteiger charge is 2.14. The smallest absolute Gasteiger partial charge is 0.170 e. The summed E-state index contributed by atoms with van der Waals surface area (Å²) in [5.74, 6) is 0.597. The Morgan fingerprint density at radius 1 is 1.05 bits per heavy atom. The highest BCUT2D eigenvalue weighted by molar-refractivity contribution is 5.83. The fourth-order valence-electron chi connectivity index (χ4n) is 2.42. The molecule has 0 aliphatic heterocycles. The Balaban J connectivity index is 2.09. The van der Waals surface area contributed by atoms with Crippen molar-refractivity contribution in [3.8, 4) is 5.82 Å². The SMILES string of the molecule is O=Cc1c(-n2cnc3ccccc32)nc2ccccn12. The summed E-state index contributed by atoms with van der Waals surface area (Å²) in [6.07, 6.45) is 4.35. The third-order valence-corrected chi connectivity index (χ3v) is 3.34. The lowest BCUT2D eigenvalue weighted by Crippen LogP contribution is -1.98. The highest BCUT2D eigenvalue weighted by atomic mass is 16.1. The third-order valence-electron chi connectivity index (χ3n) is 3.34. The van der Waals surface area contributed by atoms with Gasteiger partial charge in [-0.2, -0.15) is 0 Å². The first-order chi connectivity index (χ1) is 9.88. The monoisotopic (exact) mass is 262 g/mol. The van der Waals surface area contributed by atoms with E-state index in [-0.39, 0.29) is 0 Å². The Bertz CT molecular complexity index is 935. The molecule has 0 N–H and O–H groups in total. The molecule has 0 bridgehead atoms. The molecule has 0 unspecified atom stereocenters. The van der Waals surface area contributed by atoms with Gasteiger partial charge in [-0.3, -0.25) is 13.8 Å². The quantitative estimate of drug-likeness (QED) is 0.521. The van der Waals surface area contributed by atoms with Crippen molar-refractivity contribution in [2.45, 2.75) is 0 Å². The Morgan fingerprint density at radius 2 is 1.90 bits per heavy atom. The molecule has 20 heavy (non-hydrogen) atoms. The van der Waals surface area contributed by atoms with Crippen LogP contribution in [0.25, 0.3) is 22.5 Å². The second-order valence-corrected chi connectivity index (χ2v) is 4.47. The lowest BCUT2D eigenvalue weighted by Gasteiger charge is -2.00. The van der Waals surface area contributed by atoms with Gasteiger partial charge < -0.3 is 0 Å². The zero-order chi connectivity index (χ0) is 13.5. The largest absolute Gasteiger partial charge is 0.296 e. The van der Waals surface area contributed by atoms with Gasteiger partial charge in [0, 0.05) is 6.20 Å². The van der Waals surface area contributed by atoms with Gasteiger partial charge >= 0.3 is 0 Å². The van der Waals surface area contributed by atoms with E-state index < -0.39 is 0 Å². The average molecular weight is 262 g/mol. The Morgan fingerprint density at radius 3 is 2.80 bits per heavy atom. The van der Waals surface area contributed by atoms with Crippen molar-refractivity contribution < 1.29 is 4.79 Å². The van der Waals surface area contributed by atoms with E-state index in [0.717, 1.165) is 23.0 Å². The maximum atomic E-state index is 11.4. The molecule has 0 saturated heterocycles. The second-order valence-electron chi connectivity index (χ2n) is 4.47. The van der Waals surface area contributed by atoms with Crippen molar-refractivity contribution in [3.63, 3.8) is 0 Å². The van der Waals surface area contributed by atoms with Gasteiger partial charge in [-0.05, 0) is 24.3 Å². The van der Waals surface area contributed by atoms with Gasteiger partial charge in [-0.25, -0.2) is 9.97 Å². The van der Waals surface area contributed by atoms with Gasteiger partial charge in [0.1, 0.15) is 17.7 Å². The number of fused-ring (bicyclic) bond motifs is 2. The molecule has 4 rings (SSSR count). The summed E-state index contributed by atoms with van der Waals surface area (Å²) in [4.78, 5) is 20.3. The van der Waals surface area contributed by atoms with Crippen molar-refractivity contribution in [1.29, 1.82) is 0 Å². The van der Waals surface area contributed by atoms with E-state index in [4.69, 9.17) is 0 Å². The Hall–Kier alpha value is -2.95. The van der Waals surface area contributed by atoms with Crippen LogP contribution in [0.2, 0.25) is 0 Å². The van der Waals surface area contributed by atoms with Crippen molar-refractivity contribution in [2.24, 2.45) is 0 Å². The number of carbonyl (C=O) groups excluding carboxylic acids is 1. The van der Waals surface area contributed by atoms with E-state index in [1.54, 1.807) is 10.7 Å². The van der Waals surface area contributed by atoms with Gasteiger partial charge in [0.25, 0.3) is 0 Å². The standard InChI is InChI=1S/C15H10N4O/c20-9-13-15(17-14-7-3-4-8-18(13)14)19-10-16-11-5-1-2-6-12(11)19/h1-10H. The normalized spacial score (nSPS) is 11.2. The zero-order valence-electron chi connectivity index (χ0n) is 10.5. The minimum Gasteiger partial charge on any atom is -0.296 e. The molecule has 0 amide bonds. The van der Waals surface area contributed by atoms with Crippen LogP contribution in [-0.2, 0) is 0 Å². The number of pyridine rings is 1. The summed E-state index contributed by atoms with van der Waals surface area (Å²) in [6, 6.07) is 13.4. The molecule has 4 aromatic rings. The summed E-state index contributed by atoms with van der Waals surface area (Å²) >= 11 is 0. The second kappa shape index (κ2) is 4.03. The number of aldehydes is 1.